The Kier molecular flexibility index (Phi) is 9.58. The average molecular weight is 498 g/mol. The van der Waals surface area contributed by atoms with Gasteiger partial charge in [0.1, 0.15) is 0 Å². The van der Waals surface area contributed by atoms with Crippen molar-refractivity contribution in [1.29, 1.82) is 0 Å². The molecule has 2 heterocycles. The average Bonchev–Trinajstić information content (AvgIpc) is 2.83. The third-order valence-electron chi connectivity index (χ3n) is 6.23. The van der Waals surface area contributed by atoms with Crippen molar-refractivity contribution >= 4 is 16.1 Å². The molecule has 34 heavy (non-hydrogen) atoms. The van der Waals surface area contributed by atoms with Crippen molar-refractivity contribution in [2.24, 2.45) is 0 Å². The minimum absolute atomic E-state index is 0.139. The number of rotatable bonds is 10. The molecule has 0 spiro atoms. The first kappa shape index (κ1) is 26.7. The normalized spacial score (nSPS) is 22.5. The van der Waals surface area contributed by atoms with Gasteiger partial charge in [-0.1, -0.05) is 26.2 Å². The highest BCUT2D eigenvalue weighted by Gasteiger charge is 2.37. The monoisotopic (exact) mass is 497 g/mol. The van der Waals surface area contributed by atoms with Crippen LogP contribution in [0.15, 0.2) is 18.2 Å². The number of methoxy groups -OCH3 is 1. The first-order valence-corrected chi connectivity index (χ1v) is 13.7. The summed E-state index contributed by atoms with van der Waals surface area (Å²) in [5, 5.41) is 0. The van der Waals surface area contributed by atoms with Crippen LogP contribution in [0.2, 0.25) is 0 Å². The molecule has 2 unspecified atom stereocenters. The molecule has 2 aliphatic heterocycles. The maximum atomic E-state index is 13.1. The number of hydrogen-bond donors (Lipinski definition) is 0. The van der Waals surface area contributed by atoms with E-state index < -0.39 is 10.2 Å². The van der Waals surface area contributed by atoms with Crippen molar-refractivity contribution in [2.45, 2.75) is 58.7 Å². The standard InChI is InChI=1S/C24H39N3O6S/c1-5-6-7-8-15-32-22-10-9-21(16-23(22)31-4)24(28)25-11-13-26(14-12-25)34(29,30)27-17-19(2)33-20(3)18-27/h9-10,16,19-20H,5-8,11-15,17-18H2,1-4H3. The molecule has 0 saturated carbocycles. The molecule has 3 rings (SSSR count). The zero-order chi connectivity index (χ0) is 24.7. The van der Waals surface area contributed by atoms with Gasteiger partial charge in [0.2, 0.25) is 0 Å². The summed E-state index contributed by atoms with van der Waals surface area (Å²) in [5.41, 5.74) is 0.502. The molecule has 192 valence electrons. The lowest BCUT2D eigenvalue weighted by molar-refractivity contribution is -0.0457. The number of unbranched alkanes of at least 4 members (excludes halogenated alkanes) is 3. The molecule has 10 heteroatoms. The summed E-state index contributed by atoms with van der Waals surface area (Å²) in [5.74, 6) is 1.01. The van der Waals surface area contributed by atoms with E-state index >= 15 is 0 Å². The van der Waals surface area contributed by atoms with E-state index in [1.54, 1.807) is 30.2 Å². The largest absolute Gasteiger partial charge is 0.493 e. The highest BCUT2D eigenvalue weighted by Crippen LogP contribution is 2.29. The molecule has 0 N–H and O–H groups in total. The summed E-state index contributed by atoms with van der Waals surface area (Å²) in [6, 6.07) is 5.21. The van der Waals surface area contributed by atoms with Crippen molar-refractivity contribution in [3.8, 4) is 11.5 Å². The highest BCUT2D eigenvalue weighted by molar-refractivity contribution is 7.86. The van der Waals surface area contributed by atoms with Crippen LogP contribution in [0.25, 0.3) is 0 Å². The second-order valence-corrected chi connectivity index (χ2v) is 11.0. The van der Waals surface area contributed by atoms with Gasteiger partial charge in [0, 0.05) is 44.8 Å². The molecule has 0 aliphatic carbocycles. The summed E-state index contributed by atoms with van der Waals surface area (Å²) >= 11 is 0. The lowest BCUT2D eigenvalue weighted by Crippen LogP contribution is -2.57. The Morgan fingerprint density at radius 1 is 1.00 bits per heavy atom. The Labute approximate surface area is 204 Å². The quantitative estimate of drug-likeness (QED) is 0.462. The molecule has 2 aliphatic rings. The van der Waals surface area contributed by atoms with Crippen molar-refractivity contribution in [3.63, 3.8) is 0 Å². The Hall–Kier alpha value is -1.88. The summed E-state index contributed by atoms with van der Waals surface area (Å²) < 4.78 is 46.1. The zero-order valence-electron chi connectivity index (χ0n) is 20.9. The Bertz CT molecular complexity index is 907. The van der Waals surface area contributed by atoms with Gasteiger partial charge < -0.3 is 19.1 Å². The van der Waals surface area contributed by atoms with Gasteiger partial charge in [-0.05, 0) is 38.5 Å². The van der Waals surface area contributed by atoms with E-state index in [4.69, 9.17) is 14.2 Å². The molecular weight excluding hydrogens is 458 g/mol. The van der Waals surface area contributed by atoms with E-state index in [1.165, 1.54) is 21.5 Å². The van der Waals surface area contributed by atoms with Gasteiger partial charge in [0.25, 0.3) is 16.1 Å². The van der Waals surface area contributed by atoms with Gasteiger partial charge in [-0.25, -0.2) is 0 Å². The van der Waals surface area contributed by atoms with E-state index in [1.807, 2.05) is 13.8 Å². The van der Waals surface area contributed by atoms with Crippen molar-refractivity contribution in [2.75, 3.05) is 53.0 Å². The van der Waals surface area contributed by atoms with E-state index in [9.17, 15) is 13.2 Å². The number of ether oxygens (including phenoxy) is 3. The molecule has 0 radical (unpaired) electrons. The van der Waals surface area contributed by atoms with Crippen molar-refractivity contribution in [1.82, 2.24) is 13.5 Å². The van der Waals surface area contributed by atoms with Gasteiger partial charge in [-0.3, -0.25) is 4.79 Å². The van der Waals surface area contributed by atoms with Gasteiger partial charge in [0.15, 0.2) is 11.5 Å². The van der Waals surface area contributed by atoms with Crippen LogP contribution in [0.5, 0.6) is 11.5 Å². The second kappa shape index (κ2) is 12.2. The number of amides is 1. The van der Waals surface area contributed by atoms with Crippen molar-refractivity contribution in [3.05, 3.63) is 23.8 Å². The number of piperazine rings is 1. The van der Waals surface area contributed by atoms with Crippen LogP contribution >= 0.6 is 0 Å². The molecule has 2 atom stereocenters. The maximum Gasteiger partial charge on any atom is 0.282 e. The van der Waals surface area contributed by atoms with E-state index in [2.05, 4.69) is 6.92 Å². The molecule has 2 fully saturated rings. The molecule has 0 aromatic heterocycles. The van der Waals surface area contributed by atoms with Gasteiger partial charge >= 0.3 is 0 Å². The minimum Gasteiger partial charge on any atom is -0.493 e. The van der Waals surface area contributed by atoms with Gasteiger partial charge in [-0.15, -0.1) is 0 Å². The van der Waals surface area contributed by atoms with Gasteiger partial charge in [0.05, 0.1) is 25.9 Å². The highest BCUT2D eigenvalue weighted by atomic mass is 32.2. The predicted molar refractivity (Wildman–Crippen MR) is 131 cm³/mol. The fraction of sp³-hybridized carbons (Fsp3) is 0.708. The molecular formula is C24H39N3O6S. The van der Waals surface area contributed by atoms with E-state index in [0.29, 0.717) is 49.8 Å². The minimum atomic E-state index is -3.58. The first-order valence-electron chi connectivity index (χ1n) is 12.3. The lowest BCUT2D eigenvalue weighted by Gasteiger charge is -2.40. The van der Waals surface area contributed by atoms with Gasteiger partial charge in [-0.2, -0.15) is 17.0 Å². The number of morpholine rings is 1. The summed E-state index contributed by atoms with van der Waals surface area (Å²) in [4.78, 5) is 14.8. The lowest BCUT2D eigenvalue weighted by atomic mass is 10.1. The van der Waals surface area contributed by atoms with Crippen LogP contribution in [0.1, 0.15) is 56.8 Å². The Morgan fingerprint density at radius 2 is 1.68 bits per heavy atom. The second-order valence-electron chi connectivity index (χ2n) is 9.05. The molecule has 9 nitrogen and oxygen atoms in total. The fourth-order valence-corrected chi connectivity index (χ4v) is 6.17. The maximum absolute atomic E-state index is 13.1. The Balaban J connectivity index is 1.57. The van der Waals surface area contributed by atoms with Crippen molar-refractivity contribution < 1.29 is 27.4 Å². The van der Waals surface area contributed by atoms with Crippen LogP contribution < -0.4 is 9.47 Å². The van der Waals surface area contributed by atoms with Crippen LogP contribution in [0.4, 0.5) is 0 Å². The number of carbonyl (C=O) groups is 1. The van der Waals surface area contributed by atoms with Crippen LogP contribution in [0.3, 0.4) is 0 Å². The van der Waals surface area contributed by atoms with E-state index in [-0.39, 0.29) is 31.2 Å². The van der Waals surface area contributed by atoms with Crippen LogP contribution in [-0.4, -0.2) is 93.0 Å². The number of benzene rings is 1. The Morgan fingerprint density at radius 3 is 2.29 bits per heavy atom. The molecule has 1 amide bonds. The third kappa shape index (κ3) is 6.62. The number of carbonyl (C=O) groups excluding carboxylic acids is 1. The summed E-state index contributed by atoms with van der Waals surface area (Å²) in [6.07, 6.45) is 4.19. The summed E-state index contributed by atoms with van der Waals surface area (Å²) in [6.45, 7) is 8.45. The zero-order valence-corrected chi connectivity index (χ0v) is 21.7. The van der Waals surface area contributed by atoms with Crippen LogP contribution in [-0.2, 0) is 14.9 Å². The molecule has 0 bridgehead atoms. The molecule has 1 aromatic carbocycles. The predicted octanol–water partition coefficient (Wildman–Crippen LogP) is 2.77. The number of hydrogen-bond acceptors (Lipinski definition) is 6. The first-order chi connectivity index (χ1) is 16.3. The fourth-order valence-electron chi connectivity index (χ4n) is 4.42. The summed E-state index contributed by atoms with van der Waals surface area (Å²) in [7, 11) is -2.02. The molecule has 2 saturated heterocycles. The van der Waals surface area contributed by atoms with Crippen LogP contribution in [0, 0.1) is 0 Å². The smallest absolute Gasteiger partial charge is 0.282 e. The third-order valence-corrected chi connectivity index (χ3v) is 8.20. The molecule has 1 aromatic rings. The van der Waals surface area contributed by atoms with E-state index in [0.717, 1.165) is 12.8 Å². The number of nitrogens with zero attached hydrogens (tertiary/aromatic N) is 3. The topological polar surface area (TPSA) is 88.6 Å². The SMILES string of the molecule is CCCCCCOc1ccc(C(=O)N2CCN(S(=O)(=O)N3CC(C)OC(C)C3)CC2)cc1OC.